The van der Waals surface area contributed by atoms with Gasteiger partial charge in [0.25, 0.3) is 5.91 Å². The second kappa shape index (κ2) is 4.91. The number of aromatic amines is 1. The molecule has 2 aromatic rings. The summed E-state index contributed by atoms with van der Waals surface area (Å²) in [5, 5.41) is 12.4. The Morgan fingerprint density at radius 2 is 2.28 bits per heavy atom. The van der Waals surface area contributed by atoms with Crippen LogP contribution in [0.4, 0.5) is 0 Å². The van der Waals surface area contributed by atoms with Gasteiger partial charge in [-0.15, -0.1) is 0 Å². The van der Waals surface area contributed by atoms with E-state index in [-0.39, 0.29) is 17.7 Å². The van der Waals surface area contributed by atoms with Gasteiger partial charge < -0.3 is 15.4 Å². The highest BCUT2D eigenvalue weighted by atomic mass is 16.3. The number of imidazole rings is 1. The Hall–Kier alpha value is -2.30. The molecule has 0 fully saturated rings. The molecule has 1 aromatic carbocycles. The van der Waals surface area contributed by atoms with E-state index in [0.29, 0.717) is 11.4 Å². The van der Waals surface area contributed by atoms with Gasteiger partial charge in [-0.25, -0.2) is 4.98 Å². The minimum absolute atomic E-state index is 0.119. The normalized spacial score (nSPS) is 12.1. The van der Waals surface area contributed by atoms with E-state index in [0.717, 1.165) is 5.56 Å². The van der Waals surface area contributed by atoms with Crippen molar-refractivity contribution in [3.8, 4) is 5.75 Å². The lowest BCUT2D eigenvalue weighted by atomic mass is 10.1. The number of carbonyl (C=O) groups excluding carboxylic acids is 1. The third kappa shape index (κ3) is 2.51. The van der Waals surface area contributed by atoms with Crippen LogP contribution in [0.1, 0.15) is 34.7 Å². The van der Waals surface area contributed by atoms with E-state index in [2.05, 4.69) is 15.3 Å². The predicted octanol–water partition coefficient (Wildman–Crippen LogP) is 1.91. The summed E-state index contributed by atoms with van der Waals surface area (Å²) in [6.45, 7) is 3.62. The van der Waals surface area contributed by atoms with Crippen molar-refractivity contribution >= 4 is 5.91 Å². The molecule has 2 rings (SSSR count). The van der Waals surface area contributed by atoms with Gasteiger partial charge in [-0.3, -0.25) is 4.79 Å². The highest BCUT2D eigenvalue weighted by Gasteiger charge is 2.13. The summed E-state index contributed by atoms with van der Waals surface area (Å²) in [5.74, 6) is 0.571. The average molecular weight is 245 g/mol. The highest BCUT2D eigenvalue weighted by Crippen LogP contribution is 2.18. The van der Waals surface area contributed by atoms with Crippen LogP contribution in [-0.4, -0.2) is 21.0 Å². The molecule has 0 aliphatic heterocycles. The highest BCUT2D eigenvalue weighted by molar-refractivity contribution is 5.94. The summed E-state index contributed by atoms with van der Waals surface area (Å²) >= 11 is 0. The Morgan fingerprint density at radius 3 is 2.89 bits per heavy atom. The Balaban J connectivity index is 2.10. The number of phenols is 1. The summed E-state index contributed by atoms with van der Waals surface area (Å²) in [5.41, 5.74) is 1.17. The molecule has 18 heavy (non-hydrogen) atoms. The Labute approximate surface area is 105 Å². The number of nitrogens with one attached hydrogen (secondary N) is 2. The number of amides is 1. The van der Waals surface area contributed by atoms with Crippen LogP contribution < -0.4 is 5.32 Å². The van der Waals surface area contributed by atoms with Crippen molar-refractivity contribution in [2.75, 3.05) is 0 Å². The van der Waals surface area contributed by atoms with Crippen LogP contribution in [0.5, 0.6) is 5.75 Å². The third-order valence-electron chi connectivity index (χ3n) is 2.75. The van der Waals surface area contributed by atoms with Crippen LogP contribution in [0.15, 0.2) is 30.6 Å². The molecule has 0 spiro atoms. The SMILES string of the molecule is Cc1ccc(C(=O)NC(C)c2ncc[nH]2)cc1O. The second-order valence-electron chi connectivity index (χ2n) is 4.17. The number of aromatic nitrogens is 2. The van der Waals surface area contributed by atoms with Crippen molar-refractivity contribution in [1.29, 1.82) is 0 Å². The zero-order chi connectivity index (χ0) is 13.1. The standard InChI is InChI=1S/C13H15N3O2/c1-8-3-4-10(7-11(8)17)13(18)16-9(2)12-14-5-6-15-12/h3-7,9,17H,1-2H3,(H,14,15)(H,16,18). The molecule has 94 valence electrons. The number of hydrogen-bond acceptors (Lipinski definition) is 3. The number of aryl methyl sites for hydroxylation is 1. The van der Waals surface area contributed by atoms with Crippen molar-refractivity contribution in [2.45, 2.75) is 19.9 Å². The lowest BCUT2D eigenvalue weighted by Crippen LogP contribution is -2.27. The smallest absolute Gasteiger partial charge is 0.251 e. The molecule has 0 saturated carbocycles. The molecule has 3 N–H and O–H groups in total. The zero-order valence-electron chi connectivity index (χ0n) is 10.3. The summed E-state index contributed by atoms with van der Waals surface area (Å²) < 4.78 is 0. The van der Waals surface area contributed by atoms with Crippen LogP contribution >= 0.6 is 0 Å². The molecule has 1 atom stereocenters. The van der Waals surface area contributed by atoms with Crippen molar-refractivity contribution in [3.05, 3.63) is 47.5 Å². The first-order valence-electron chi connectivity index (χ1n) is 5.67. The molecule has 1 amide bonds. The number of hydrogen-bond donors (Lipinski definition) is 3. The topological polar surface area (TPSA) is 78.0 Å². The van der Waals surface area contributed by atoms with Gasteiger partial charge in [-0.2, -0.15) is 0 Å². The molecule has 0 bridgehead atoms. The minimum Gasteiger partial charge on any atom is -0.508 e. The van der Waals surface area contributed by atoms with Gasteiger partial charge in [0.1, 0.15) is 11.6 Å². The molecule has 1 aromatic heterocycles. The van der Waals surface area contributed by atoms with Crippen molar-refractivity contribution in [3.63, 3.8) is 0 Å². The number of carbonyl (C=O) groups is 1. The van der Waals surface area contributed by atoms with E-state index in [1.54, 1.807) is 31.5 Å². The maximum Gasteiger partial charge on any atom is 0.251 e. The number of rotatable bonds is 3. The lowest BCUT2D eigenvalue weighted by molar-refractivity contribution is 0.0938. The maximum atomic E-state index is 11.9. The molecule has 5 nitrogen and oxygen atoms in total. The van der Waals surface area contributed by atoms with Gasteiger partial charge in [-0.1, -0.05) is 6.07 Å². The molecule has 5 heteroatoms. The fourth-order valence-corrected chi connectivity index (χ4v) is 1.61. The summed E-state index contributed by atoms with van der Waals surface area (Å²) in [6.07, 6.45) is 3.34. The zero-order valence-corrected chi connectivity index (χ0v) is 10.3. The number of phenolic OH excluding ortho intramolecular Hbond substituents is 1. The van der Waals surface area contributed by atoms with E-state index in [1.807, 2.05) is 6.92 Å². The number of aromatic hydroxyl groups is 1. The van der Waals surface area contributed by atoms with Gasteiger partial charge in [-0.05, 0) is 31.5 Å². The molecular formula is C13H15N3O2. The van der Waals surface area contributed by atoms with Crippen LogP contribution in [0, 0.1) is 6.92 Å². The lowest BCUT2D eigenvalue weighted by Gasteiger charge is -2.12. The molecule has 0 saturated heterocycles. The van der Waals surface area contributed by atoms with Crippen LogP contribution in [-0.2, 0) is 0 Å². The first-order valence-corrected chi connectivity index (χ1v) is 5.67. The van der Waals surface area contributed by atoms with Gasteiger partial charge in [0.15, 0.2) is 0 Å². The minimum atomic E-state index is -0.241. The Bertz CT molecular complexity index is 549. The number of H-pyrrole nitrogens is 1. The molecule has 1 unspecified atom stereocenters. The van der Waals surface area contributed by atoms with E-state index >= 15 is 0 Å². The van der Waals surface area contributed by atoms with Gasteiger partial charge in [0, 0.05) is 18.0 Å². The van der Waals surface area contributed by atoms with Crippen LogP contribution in [0.25, 0.3) is 0 Å². The predicted molar refractivity (Wildman–Crippen MR) is 67.3 cm³/mol. The first kappa shape index (κ1) is 12.2. The average Bonchev–Trinajstić information content (AvgIpc) is 2.86. The van der Waals surface area contributed by atoms with E-state index in [1.165, 1.54) is 6.07 Å². The largest absolute Gasteiger partial charge is 0.508 e. The fourth-order valence-electron chi connectivity index (χ4n) is 1.61. The Kier molecular flexibility index (Phi) is 3.32. The Morgan fingerprint density at radius 1 is 1.50 bits per heavy atom. The maximum absolute atomic E-state index is 11.9. The second-order valence-corrected chi connectivity index (χ2v) is 4.17. The van der Waals surface area contributed by atoms with Crippen molar-refractivity contribution in [1.82, 2.24) is 15.3 Å². The van der Waals surface area contributed by atoms with Gasteiger partial charge in [0.2, 0.25) is 0 Å². The fraction of sp³-hybridized carbons (Fsp3) is 0.231. The van der Waals surface area contributed by atoms with Crippen molar-refractivity contribution < 1.29 is 9.90 Å². The molecule has 0 aliphatic rings. The van der Waals surface area contributed by atoms with E-state index < -0.39 is 0 Å². The summed E-state index contributed by atoms with van der Waals surface area (Å²) in [6, 6.07) is 4.64. The number of benzene rings is 1. The van der Waals surface area contributed by atoms with Crippen molar-refractivity contribution in [2.24, 2.45) is 0 Å². The van der Waals surface area contributed by atoms with Crippen LogP contribution in [0.2, 0.25) is 0 Å². The quantitative estimate of drug-likeness (QED) is 0.773. The molecule has 1 heterocycles. The monoisotopic (exact) mass is 245 g/mol. The van der Waals surface area contributed by atoms with E-state index in [9.17, 15) is 9.90 Å². The molecule has 0 aliphatic carbocycles. The summed E-state index contributed by atoms with van der Waals surface area (Å²) in [7, 11) is 0. The molecule has 0 radical (unpaired) electrons. The number of nitrogens with zero attached hydrogens (tertiary/aromatic N) is 1. The van der Waals surface area contributed by atoms with Crippen LogP contribution in [0.3, 0.4) is 0 Å². The van der Waals surface area contributed by atoms with Gasteiger partial charge >= 0.3 is 0 Å². The first-order chi connectivity index (χ1) is 8.58. The summed E-state index contributed by atoms with van der Waals surface area (Å²) in [4.78, 5) is 19.0. The third-order valence-corrected chi connectivity index (χ3v) is 2.75. The van der Waals surface area contributed by atoms with E-state index in [4.69, 9.17) is 0 Å². The molecular weight excluding hydrogens is 230 g/mol. The van der Waals surface area contributed by atoms with Gasteiger partial charge in [0.05, 0.1) is 6.04 Å².